The van der Waals surface area contributed by atoms with Crippen molar-refractivity contribution in [2.45, 2.75) is 13.5 Å². The van der Waals surface area contributed by atoms with Crippen LogP contribution in [-0.2, 0) is 11.3 Å². The first-order valence-electron chi connectivity index (χ1n) is 9.90. The van der Waals surface area contributed by atoms with Crippen LogP contribution in [0.3, 0.4) is 0 Å². The van der Waals surface area contributed by atoms with Gasteiger partial charge in [-0.2, -0.15) is 0 Å². The summed E-state index contributed by atoms with van der Waals surface area (Å²) in [6, 6.07) is 20.5. The number of rotatable bonds is 10. The number of nitrogens with one attached hydrogen (secondary N) is 2. The minimum Gasteiger partial charge on any atom is -0.494 e. The van der Waals surface area contributed by atoms with Gasteiger partial charge in [0.15, 0.2) is 18.1 Å². The van der Waals surface area contributed by atoms with Gasteiger partial charge in [-0.25, -0.2) is 0 Å². The highest BCUT2D eigenvalue weighted by molar-refractivity contribution is 6.32. The molecule has 0 saturated carbocycles. The molecule has 162 valence electrons. The highest BCUT2D eigenvalue weighted by atomic mass is 35.5. The van der Waals surface area contributed by atoms with Crippen LogP contribution in [-0.4, -0.2) is 26.2 Å². The predicted molar refractivity (Wildman–Crippen MR) is 124 cm³/mol. The summed E-state index contributed by atoms with van der Waals surface area (Å²) in [7, 11) is 1.53. The van der Waals surface area contributed by atoms with Gasteiger partial charge in [0.25, 0.3) is 5.91 Å². The molecule has 0 radical (unpaired) electrons. The van der Waals surface area contributed by atoms with Gasteiger partial charge in [-0.05, 0) is 61.0 Å². The third-order valence-corrected chi connectivity index (χ3v) is 4.64. The van der Waals surface area contributed by atoms with E-state index in [0.29, 0.717) is 35.4 Å². The lowest BCUT2D eigenvalue weighted by molar-refractivity contribution is -0.118. The summed E-state index contributed by atoms with van der Waals surface area (Å²) in [5.74, 6) is 1.34. The number of benzene rings is 3. The van der Waals surface area contributed by atoms with Crippen LogP contribution in [0.2, 0.25) is 5.02 Å². The molecule has 0 fully saturated rings. The molecular weight excluding hydrogens is 416 g/mol. The van der Waals surface area contributed by atoms with Crippen molar-refractivity contribution in [3.8, 4) is 17.2 Å². The molecule has 0 aliphatic heterocycles. The molecule has 31 heavy (non-hydrogen) atoms. The van der Waals surface area contributed by atoms with Crippen molar-refractivity contribution in [1.82, 2.24) is 0 Å². The van der Waals surface area contributed by atoms with Crippen LogP contribution < -0.4 is 24.8 Å². The van der Waals surface area contributed by atoms with Crippen LogP contribution in [0.1, 0.15) is 12.5 Å². The summed E-state index contributed by atoms with van der Waals surface area (Å²) in [4.78, 5) is 12.1. The fourth-order valence-corrected chi connectivity index (χ4v) is 3.20. The van der Waals surface area contributed by atoms with Crippen molar-refractivity contribution < 1.29 is 19.0 Å². The van der Waals surface area contributed by atoms with Gasteiger partial charge in [0.2, 0.25) is 0 Å². The minimum atomic E-state index is -0.287. The highest BCUT2D eigenvalue weighted by Crippen LogP contribution is 2.36. The molecule has 0 aliphatic carbocycles. The second kappa shape index (κ2) is 11.1. The van der Waals surface area contributed by atoms with Gasteiger partial charge in [-0.3, -0.25) is 4.79 Å². The van der Waals surface area contributed by atoms with E-state index in [-0.39, 0.29) is 12.5 Å². The molecule has 0 heterocycles. The number of hydrogen-bond donors (Lipinski definition) is 2. The van der Waals surface area contributed by atoms with Gasteiger partial charge < -0.3 is 24.8 Å². The lowest BCUT2D eigenvalue weighted by Crippen LogP contribution is -2.20. The Balaban J connectivity index is 1.60. The van der Waals surface area contributed by atoms with E-state index < -0.39 is 0 Å². The molecule has 1 amide bonds. The molecule has 3 aromatic rings. The van der Waals surface area contributed by atoms with Crippen molar-refractivity contribution >= 4 is 28.9 Å². The van der Waals surface area contributed by atoms with Crippen LogP contribution in [0.15, 0.2) is 66.7 Å². The normalized spacial score (nSPS) is 10.3. The third-order valence-electron chi connectivity index (χ3n) is 4.36. The fraction of sp³-hybridized carbons (Fsp3) is 0.208. The van der Waals surface area contributed by atoms with Gasteiger partial charge in [-0.1, -0.05) is 29.8 Å². The van der Waals surface area contributed by atoms with Crippen LogP contribution >= 0.6 is 11.6 Å². The lowest BCUT2D eigenvalue weighted by Gasteiger charge is -2.15. The molecule has 3 rings (SSSR count). The summed E-state index contributed by atoms with van der Waals surface area (Å²) >= 11 is 6.41. The van der Waals surface area contributed by atoms with Gasteiger partial charge in [0, 0.05) is 17.9 Å². The molecule has 0 aromatic heterocycles. The van der Waals surface area contributed by atoms with E-state index >= 15 is 0 Å². The highest BCUT2D eigenvalue weighted by Gasteiger charge is 2.14. The molecule has 6 nitrogen and oxygen atoms in total. The summed E-state index contributed by atoms with van der Waals surface area (Å²) in [6.45, 7) is 2.94. The van der Waals surface area contributed by atoms with Crippen molar-refractivity contribution in [2.24, 2.45) is 0 Å². The number of carbonyl (C=O) groups excluding carboxylic acids is 1. The third kappa shape index (κ3) is 6.55. The van der Waals surface area contributed by atoms with Crippen molar-refractivity contribution in [2.75, 3.05) is 31.0 Å². The van der Waals surface area contributed by atoms with Gasteiger partial charge in [0.05, 0.1) is 18.7 Å². The number of hydrogen-bond acceptors (Lipinski definition) is 5. The van der Waals surface area contributed by atoms with Gasteiger partial charge >= 0.3 is 0 Å². The molecule has 0 atom stereocenters. The van der Waals surface area contributed by atoms with Crippen molar-refractivity contribution in [3.05, 3.63) is 77.3 Å². The molecule has 3 aromatic carbocycles. The van der Waals surface area contributed by atoms with Crippen LogP contribution in [0.4, 0.5) is 11.4 Å². The second-order valence-corrected chi connectivity index (χ2v) is 7.03. The van der Waals surface area contributed by atoms with Crippen LogP contribution in [0, 0.1) is 0 Å². The van der Waals surface area contributed by atoms with E-state index in [0.717, 1.165) is 17.0 Å². The average molecular weight is 441 g/mol. The van der Waals surface area contributed by atoms with Gasteiger partial charge in [0.1, 0.15) is 5.75 Å². The lowest BCUT2D eigenvalue weighted by atomic mass is 10.2. The Morgan fingerprint density at radius 3 is 2.39 bits per heavy atom. The Morgan fingerprint density at radius 2 is 1.71 bits per heavy atom. The van der Waals surface area contributed by atoms with E-state index in [2.05, 4.69) is 10.6 Å². The Hall–Kier alpha value is -3.38. The number of amides is 1. The van der Waals surface area contributed by atoms with E-state index in [9.17, 15) is 4.79 Å². The number of anilines is 2. The average Bonchev–Trinajstić information content (AvgIpc) is 2.78. The van der Waals surface area contributed by atoms with E-state index in [1.54, 1.807) is 18.2 Å². The fourth-order valence-electron chi connectivity index (χ4n) is 2.91. The minimum absolute atomic E-state index is 0.186. The predicted octanol–water partition coefficient (Wildman–Crippen LogP) is 5.38. The monoisotopic (exact) mass is 440 g/mol. The number of ether oxygens (including phenoxy) is 3. The topological polar surface area (TPSA) is 68.8 Å². The zero-order chi connectivity index (χ0) is 22.1. The second-order valence-electron chi connectivity index (χ2n) is 6.62. The number of para-hydroxylation sites is 1. The molecule has 2 N–H and O–H groups in total. The van der Waals surface area contributed by atoms with Crippen LogP contribution in [0.5, 0.6) is 17.2 Å². The first kappa shape index (κ1) is 22.3. The Bertz CT molecular complexity index is 994. The van der Waals surface area contributed by atoms with Crippen molar-refractivity contribution in [1.29, 1.82) is 0 Å². The molecule has 0 aliphatic rings. The first-order chi connectivity index (χ1) is 15.1. The molecule has 7 heteroatoms. The summed E-state index contributed by atoms with van der Waals surface area (Å²) in [6.07, 6.45) is 0. The molecule has 0 spiro atoms. The zero-order valence-electron chi connectivity index (χ0n) is 17.5. The summed E-state index contributed by atoms with van der Waals surface area (Å²) in [5.41, 5.74) is 2.57. The van der Waals surface area contributed by atoms with Crippen molar-refractivity contribution in [3.63, 3.8) is 0 Å². The summed E-state index contributed by atoms with van der Waals surface area (Å²) < 4.78 is 16.5. The molecule has 0 unspecified atom stereocenters. The maximum absolute atomic E-state index is 12.1. The number of methoxy groups -OCH3 is 1. The Labute approximate surface area is 187 Å². The number of halogens is 1. The van der Waals surface area contributed by atoms with E-state index in [1.807, 2.05) is 55.5 Å². The SMILES string of the molecule is CCOc1ccc(NCc2cc(Cl)c(OCC(=O)Nc3ccccc3)c(OC)c2)cc1. The Morgan fingerprint density at radius 1 is 0.968 bits per heavy atom. The number of carbonyl (C=O) groups is 1. The van der Waals surface area contributed by atoms with Crippen LogP contribution in [0.25, 0.3) is 0 Å². The summed E-state index contributed by atoms with van der Waals surface area (Å²) in [5, 5.41) is 6.47. The van der Waals surface area contributed by atoms with Gasteiger partial charge in [-0.15, -0.1) is 0 Å². The quantitative estimate of drug-likeness (QED) is 0.443. The molecule has 0 saturated heterocycles. The first-order valence-corrected chi connectivity index (χ1v) is 10.3. The van der Waals surface area contributed by atoms with E-state index in [4.69, 9.17) is 25.8 Å². The standard InChI is InChI=1S/C24H25ClN2O4/c1-3-30-20-11-9-18(10-12-20)26-15-17-13-21(25)24(22(14-17)29-2)31-16-23(28)27-19-7-5-4-6-8-19/h4-14,26H,3,15-16H2,1-2H3,(H,27,28). The molecular formula is C24H25ClN2O4. The zero-order valence-corrected chi connectivity index (χ0v) is 18.2. The largest absolute Gasteiger partial charge is 0.494 e. The maximum Gasteiger partial charge on any atom is 0.262 e. The molecule has 0 bridgehead atoms. The maximum atomic E-state index is 12.1. The smallest absolute Gasteiger partial charge is 0.262 e. The Kier molecular flexibility index (Phi) is 8.01. The van der Waals surface area contributed by atoms with E-state index in [1.165, 1.54) is 7.11 Å².